The normalized spacial score (nSPS) is 11.5. The number of rotatable bonds is 7. The number of carbonyl (C=O) groups excluding carboxylic acids is 1. The highest BCUT2D eigenvalue weighted by atomic mass is 19.4. The van der Waals surface area contributed by atoms with Crippen molar-refractivity contribution in [1.29, 1.82) is 5.41 Å². The fraction of sp³-hybridized carbons (Fsp3) is 0.105. The first kappa shape index (κ1) is 22.3. The van der Waals surface area contributed by atoms with Gasteiger partial charge in [-0.1, -0.05) is 12.1 Å². The molecule has 0 bridgehead atoms. The van der Waals surface area contributed by atoms with Crippen LogP contribution in [0.4, 0.5) is 24.5 Å². The van der Waals surface area contributed by atoms with E-state index in [-0.39, 0.29) is 28.3 Å². The maximum Gasteiger partial charge on any atom is 0.416 e. The van der Waals surface area contributed by atoms with Crippen molar-refractivity contribution in [3.63, 3.8) is 0 Å². The smallest absolute Gasteiger partial charge is 0.416 e. The van der Waals surface area contributed by atoms with E-state index >= 15 is 0 Å². The summed E-state index contributed by atoms with van der Waals surface area (Å²) in [5.41, 5.74) is 3.55. The molecule has 0 atom stereocenters. The second kappa shape index (κ2) is 8.99. The Morgan fingerprint density at radius 3 is 2.50 bits per heavy atom. The number of benzene rings is 2. The molecule has 30 heavy (non-hydrogen) atoms. The number of guanidine groups is 1. The largest absolute Gasteiger partial charge is 0.494 e. The summed E-state index contributed by atoms with van der Waals surface area (Å²) in [7, 11) is 1.29. The molecule has 0 aliphatic rings. The number of ether oxygens (including phenoxy) is 1. The molecule has 2 rings (SSSR count). The van der Waals surface area contributed by atoms with Gasteiger partial charge in [-0.3, -0.25) is 10.2 Å². The first-order chi connectivity index (χ1) is 14.1. The van der Waals surface area contributed by atoms with E-state index in [0.29, 0.717) is 18.5 Å². The minimum atomic E-state index is -4.77. The van der Waals surface area contributed by atoms with Gasteiger partial charge in [-0.2, -0.15) is 13.2 Å². The minimum absolute atomic E-state index is 0.123. The number of carboxylic acid groups (broad SMARTS) is 1. The molecule has 0 aromatic heterocycles. The minimum Gasteiger partial charge on any atom is -0.494 e. The van der Waals surface area contributed by atoms with Crippen LogP contribution < -0.4 is 21.1 Å². The van der Waals surface area contributed by atoms with Crippen molar-refractivity contribution in [2.75, 3.05) is 17.7 Å². The number of hydrogen-bond acceptors (Lipinski definition) is 4. The first-order valence-corrected chi connectivity index (χ1v) is 8.22. The fourth-order valence-corrected chi connectivity index (χ4v) is 2.67. The Morgan fingerprint density at radius 1 is 1.27 bits per heavy atom. The summed E-state index contributed by atoms with van der Waals surface area (Å²) in [6, 6.07) is 6.99. The Hall–Kier alpha value is -4.02. The third-order valence-electron chi connectivity index (χ3n) is 3.84. The molecular weight excluding hydrogens is 405 g/mol. The number of halogens is 3. The van der Waals surface area contributed by atoms with Crippen LogP contribution in [0, 0.1) is 5.41 Å². The maximum atomic E-state index is 13.3. The van der Waals surface area contributed by atoms with Crippen LogP contribution in [0.25, 0.3) is 11.6 Å². The van der Waals surface area contributed by atoms with Crippen LogP contribution in [0.5, 0.6) is 5.75 Å². The molecule has 0 fully saturated rings. The lowest BCUT2D eigenvalue weighted by Gasteiger charge is -2.14. The second-order valence-corrected chi connectivity index (χ2v) is 5.89. The number of anilines is 2. The molecule has 0 heterocycles. The van der Waals surface area contributed by atoms with E-state index in [4.69, 9.17) is 15.9 Å². The lowest BCUT2D eigenvalue weighted by atomic mass is 9.99. The summed E-state index contributed by atoms with van der Waals surface area (Å²) in [4.78, 5) is 22.6. The van der Waals surface area contributed by atoms with E-state index in [0.717, 1.165) is 12.1 Å². The maximum absolute atomic E-state index is 13.3. The zero-order chi connectivity index (χ0) is 22.5. The highest BCUT2D eigenvalue weighted by Gasteiger charge is 2.32. The third kappa shape index (κ3) is 5.28. The van der Waals surface area contributed by atoms with Gasteiger partial charge in [-0.15, -0.1) is 0 Å². The van der Waals surface area contributed by atoms with Crippen LogP contribution >= 0.6 is 0 Å². The molecule has 8 nitrogen and oxygen atoms in total. The van der Waals surface area contributed by atoms with E-state index in [1.165, 1.54) is 25.3 Å². The summed E-state index contributed by atoms with van der Waals surface area (Å²) in [6.45, 7) is 0. The molecule has 0 spiro atoms. The SMILES string of the molecule is COc1c(C=C(C(=O)O)c2cc(NC(=N)N)cc(C(F)(F)F)c2)cccc1NC=O. The zero-order valence-electron chi connectivity index (χ0n) is 15.5. The summed E-state index contributed by atoms with van der Waals surface area (Å²) in [5.74, 6) is -1.99. The predicted molar refractivity (Wildman–Crippen MR) is 105 cm³/mol. The number of alkyl halides is 3. The van der Waals surface area contributed by atoms with Crippen molar-refractivity contribution in [3.05, 3.63) is 53.1 Å². The van der Waals surface area contributed by atoms with Gasteiger partial charge in [0.1, 0.15) is 5.75 Å². The molecule has 11 heteroatoms. The highest BCUT2D eigenvalue weighted by Crippen LogP contribution is 2.36. The van der Waals surface area contributed by atoms with Gasteiger partial charge in [0.15, 0.2) is 5.96 Å². The Labute approximate surface area is 168 Å². The van der Waals surface area contributed by atoms with Gasteiger partial charge in [-0.05, 0) is 35.9 Å². The number of hydrogen-bond donors (Lipinski definition) is 5. The van der Waals surface area contributed by atoms with Crippen LogP contribution in [0.1, 0.15) is 16.7 Å². The van der Waals surface area contributed by atoms with E-state index in [9.17, 15) is 27.9 Å². The van der Waals surface area contributed by atoms with Crippen molar-refractivity contribution in [2.24, 2.45) is 5.73 Å². The van der Waals surface area contributed by atoms with Crippen molar-refractivity contribution in [2.45, 2.75) is 6.18 Å². The van der Waals surface area contributed by atoms with Gasteiger partial charge in [0, 0.05) is 11.3 Å². The summed E-state index contributed by atoms with van der Waals surface area (Å²) in [6.07, 6.45) is -3.25. The number of nitrogens with one attached hydrogen (secondary N) is 3. The molecular formula is C19H17F3N4O4. The van der Waals surface area contributed by atoms with E-state index < -0.39 is 29.2 Å². The molecule has 0 unspecified atom stereocenters. The molecule has 1 amide bonds. The van der Waals surface area contributed by atoms with Gasteiger partial charge >= 0.3 is 12.1 Å². The Kier molecular flexibility index (Phi) is 6.67. The Balaban J connectivity index is 2.72. The average molecular weight is 422 g/mol. The molecule has 0 saturated heterocycles. The van der Waals surface area contributed by atoms with Gasteiger partial charge in [0.25, 0.3) is 0 Å². The lowest BCUT2D eigenvalue weighted by molar-refractivity contribution is -0.137. The van der Waals surface area contributed by atoms with Crippen LogP contribution in [0.15, 0.2) is 36.4 Å². The van der Waals surface area contributed by atoms with Crippen molar-refractivity contribution in [1.82, 2.24) is 0 Å². The molecule has 0 aliphatic heterocycles. The number of nitrogens with two attached hydrogens (primary N) is 1. The summed E-state index contributed by atoms with van der Waals surface area (Å²) < 4.78 is 45.1. The van der Waals surface area contributed by atoms with E-state index in [2.05, 4.69) is 10.6 Å². The van der Waals surface area contributed by atoms with E-state index in [1.54, 1.807) is 0 Å². The third-order valence-corrected chi connectivity index (χ3v) is 3.84. The average Bonchev–Trinajstić information content (AvgIpc) is 2.64. The molecule has 0 saturated carbocycles. The van der Waals surface area contributed by atoms with Crippen molar-refractivity contribution >= 4 is 41.4 Å². The molecule has 158 valence electrons. The van der Waals surface area contributed by atoms with Crippen LogP contribution in [0.3, 0.4) is 0 Å². The molecule has 6 N–H and O–H groups in total. The molecule has 0 aliphatic carbocycles. The number of aliphatic carboxylic acids is 1. The zero-order valence-corrected chi connectivity index (χ0v) is 15.5. The number of carbonyl (C=O) groups is 2. The van der Waals surface area contributed by atoms with Gasteiger partial charge in [-0.25, -0.2) is 4.79 Å². The van der Waals surface area contributed by atoms with Crippen LogP contribution in [-0.2, 0) is 15.8 Å². The molecule has 2 aromatic carbocycles. The van der Waals surface area contributed by atoms with Crippen molar-refractivity contribution in [3.8, 4) is 5.75 Å². The Morgan fingerprint density at radius 2 is 1.97 bits per heavy atom. The first-order valence-electron chi connectivity index (χ1n) is 8.22. The van der Waals surface area contributed by atoms with Gasteiger partial charge in [0.2, 0.25) is 6.41 Å². The number of methoxy groups -OCH3 is 1. The fourth-order valence-electron chi connectivity index (χ4n) is 2.67. The topological polar surface area (TPSA) is 138 Å². The molecule has 2 aromatic rings. The summed E-state index contributed by atoms with van der Waals surface area (Å²) >= 11 is 0. The summed E-state index contributed by atoms with van der Waals surface area (Å²) in [5, 5.41) is 21.5. The number of carboxylic acids is 1. The number of para-hydroxylation sites is 1. The van der Waals surface area contributed by atoms with Gasteiger partial charge in [0.05, 0.1) is 23.9 Å². The lowest BCUT2D eigenvalue weighted by Crippen LogP contribution is -2.21. The molecule has 0 radical (unpaired) electrons. The van der Waals surface area contributed by atoms with Crippen LogP contribution in [0.2, 0.25) is 0 Å². The van der Waals surface area contributed by atoms with Crippen LogP contribution in [-0.4, -0.2) is 30.6 Å². The highest BCUT2D eigenvalue weighted by molar-refractivity contribution is 6.21. The standard InChI is InChI=1S/C19H17F3N4O4/c1-30-16-10(3-2-4-15(16)25-9-27)7-14(17(28)29)11-5-12(19(20,21)22)8-13(6-11)26-18(23)24/h2-9H,1H3,(H,25,27)(H,28,29)(H4,23,24,26). The predicted octanol–water partition coefficient (Wildman–Crippen LogP) is 3.21. The number of amides is 1. The quantitative estimate of drug-likeness (QED) is 0.153. The second-order valence-electron chi connectivity index (χ2n) is 5.89. The van der Waals surface area contributed by atoms with E-state index in [1.807, 2.05) is 0 Å². The van der Waals surface area contributed by atoms with Gasteiger partial charge < -0.3 is 26.2 Å². The Bertz CT molecular complexity index is 1020. The monoisotopic (exact) mass is 422 g/mol. The van der Waals surface area contributed by atoms with Crippen molar-refractivity contribution < 1.29 is 32.6 Å².